The Morgan fingerprint density at radius 3 is 2.42 bits per heavy atom. The summed E-state index contributed by atoms with van der Waals surface area (Å²) in [6.07, 6.45) is 0. The molecule has 0 spiro atoms. The Labute approximate surface area is 165 Å². The molecule has 0 atom stereocenters. The van der Waals surface area contributed by atoms with E-state index < -0.39 is 5.97 Å². The quantitative estimate of drug-likeness (QED) is 0.646. The minimum absolute atomic E-state index is 0. The Bertz CT molecular complexity index is 687. The number of likely N-dealkylation sites (N-methyl/N-ethyl adjacent to an activating group) is 1. The number of benzene rings is 1. The standard InChI is InChI=1S/C17H24ClN5O2.ClH/c1-4-22(5-2)11-12-23-20-15(17(24)25-6-3)16(21-23)19-14-9-7-13(18)8-10-14;/h7-10H,4-6,11-12H2,1-3H3,(H,19,21);1H. The van der Waals surface area contributed by atoms with Gasteiger partial charge in [-0.05, 0) is 44.3 Å². The molecule has 1 aromatic carbocycles. The van der Waals surface area contributed by atoms with Crippen LogP contribution < -0.4 is 5.32 Å². The molecule has 0 saturated heterocycles. The van der Waals surface area contributed by atoms with Gasteiger partial charge in [-0.3, -0.25) is 0 Å². The Balaban J connectivity index is 0.00000338. The summed E-state index contributed by atoms with van der Waals surface area (Å²) in [6, 6.07) is 7.15. The number of halogens is 2. The van der Waals surface area contributed by atoms with Crippen molar-refractivity contribution in [1.82, 2.24) is 19.9 Å². The molecule has 9 heteroatoms. The van der Waals surface area contributed by atoms with Crippen molar-refractivity contribution in [1.29, 1.82) is 0 Å². The van der Waals surface area contributed by atoms with E-state index in [1.54, 1.807) is 19.1 Å². The fourth-order valence-corrected chi connectivity index (χ4v) is 2.44. The average molecular weight is 402 g/mol. The van der Waals surface area contributed by atoms with Gasteiger partial charge in [-0.25, -0.2) is 4.79 Å². The fraction of sp³-hybridized carbons (Fsp3) is 0.471. The Morgan fingerprint density at radius 2 is 1.85 bits per heavy atom. The number of esters is 1. The predicted molar refractivity (Wildman–Crippen MR) is 106 cm³/mol. The van der Waals surface area contributed by atoms with Crippen LogP contribution in [0.25, 0.3) is 0 Å². The summed E-state index contributed by atoms with van der Waals surface area (Å²) in [5, 5.41) is 12.5. The van der Waals surface area contributed by atoms with Crippen molar-refractivity contribution >= 4 is 41.5 Å². The van der Waals surface area contributed by atoms with Crippen molar-refractivity contribution in [2.75, 3.05) is 31.6 Å². The minimum atomic E-state index is -0.493. The highest BCUT2D eigenvalue weighted by Crippen LogP contribution is 2.20. The second-order valence-corrected chi connectivity index (χ2v) is 5.81. The first-order valence-corrected chi connectivity index (χ1v) is 8.82. The van der Waals surface area contributed by atoms with Gasteiger partial charge < -0.3 is 15.0 Å². The third-order valence-corrected chi connectivity index (χ3v) is 3.99. The number of hydrogen-bond acceptors (Lipinski definition) is 6. The molecule has 1 aromatic heterocycles. The Hall–Kier alpha value is -1.83. The van der Waals surface area contributed by atoms with E-state index in [4.69, 9.17) is 16.3 Å². The van der Waals surface area contributed by atoms with E-state index in [-0.39, 0.29) is 24.7 Å². The number of carbonyl (C=O) groups excluding carboxylic acids is 1. The number of rotatable bonds is 9. The van der Waals surface area contributed by atoms with Gasteiger partial charge in [0.15, 0.2) is 5.82 Å². The number of anilines is 2. The van der Waals surface area contributed by atoms with Gasteiger partial charge >= 0.3 is 5.97 Å². The number of nitrogens with zero attached hydrogens (tertiary/aromatic N) is 4. The van der Waals surface area contributed by atoms with Crippen LogP contribution >= 0.6 is 24.0 Å². The molecule has 1 N–H and O–H groups in total. The van der Waals surface area contributed by atoms with Crippen molar-refractivity contribution in [3.8, 4) is 0 Å². The zero-order chi connectivity index (χ0) is 18.2. The van der Waals surface area contributed by atoms with Crippen LogP contribution in [0.15, 0.2) is 24.3 Å². The van der Waals surface area contributed by atoms with Crippen LogP contribution in [0, 0.1) is 0 Å². The molecule has 1 heterocycles. The lowest BCUT2D eigenvalue weighted by molar-refractivity contribution is 0.0519. The zero-order valence-electron chi connectivity index (χ0n) is 15.2. The highest BCUT2D eigenvalue weighted by Gasteiger charge is 2.20. The lowest BCUT2D eigenvalue weighted by atomic mass is 10.3. The van der Waals surface area contributed by atoms with Crippen molar-refractivity contribution in [3.05, 3.63) is 35.0 Å². The van der Waals surface area contributed by atoms with Crippen LogP contribution in [-0.4, -0.2) is 52.1 Å². The van der Waals surface area contributed by atoms with E-state index >= 15 is 0 Å². The summed E-state index contributed by atoms with van der Waals surface area (Å²) in [5.74, 6) is -0.117. The molecule has 26 heavy (non-hydrogen) atoms. The van der Waals surface area contributed by atoms with Crippen LogP contribution in [0.1, 0.15) is 31.3 Å². The Morgan fingerprint density at radius 1 is 1.19 bits per heavy atom. The number of aromatic nitrogens is 3. The maximum Gasteiger partial charge on any atom is 0.362 e. The molecule has 0 aliphatic carbocycles. The van der Waals surface area contributed by atoms with Crippen LogP contribution in [0.4, 0.5) is 11.5 Å². The van der Waals surface area contributed by atoms with Gasteiger partial charge in [-0.1, -0.05) is 25.4 Å². The summed E-state index contributed by atoms with van der Waals surface area (Å²) in [5.41, 5.74) is 0.946. The second kappa shape index (κ2) is 11.0. The SMILES string of the molecule is CCOC(=O)c1nn(CCN(CC)CC)nc1Nc1ccc(Cl)cc1.Cl. The minimum Gasteiger partial charge on any atom is -0.461 e. The molecule has 0 unspecified atom stereocenters. The molecule has 2 aromatic rings. The van der Waals surface area contributed by atoms with Gasteiger partial charge in [0.05, 0.1) is 13.2 Å². The van der Waals surface area contributed by atoms with E-state index in [0.717, 1.165) is 25.3 Å². The third-order valence-electron chi connectivity index (χ3n) is 3.74. The highest BCUT2D eigenvalue weighted by molar-refractivity contribution is 6.30. The third kappa shape index (κ3) is 6.16. The lowest BCUT2D eigenvalue weighted by Gasteiger charge is -2.16. The molecule has 0 radical (unpaired) electrons. The van der Waals surface area contributed by atoms with E-state index in [0.29, 0.717) is 17.4 Å². The molecule has 0 bridgehead atoms. The molecule has 7 nitrogen and oxygen atoms in total. The Kier molecular flexibility index (Phi) is 9.40. The molecule has 144 valence electrons. The number of ether oxygens (including phenoxy) is 1. The van der Waals surface area contributed by atoms with Crippen LogP contribution in [0.2, 0.25) is 5.02 Å². The van der Waals surface area contributed by atoms with Gasteiger partial charge in [0.1, 0.15) is 0 Å². The average Bonchev–Trinajstić information content (AvgIpc) is 3.01. The van der Waals surface area contributed by atoms with Gasteiger partial charge in [0.2, 0.25) is 5.69 Å². The van der Waals surface area contributed by atoms with Crippen molar-refractivity contribution < 1.29 is 9.53 Å². The maximum atomic E-state index is 12.2. The molecule has 0 aliphatic rings. The van der Waals surface area contributed by atoms with E-state index in [9.17, 15) is 4.79 Å². The lowest BCUT2D eigenvalue weighted by Crippen LogP contribution is -2.27. The summed E-state index contributed by atoms with van der Waals surface area (Å²) in [4.78, 5) is 16.0. The first-order chi connectivity index (χ1) is 12.1. The van der Waals surface area contributed by atoms with Gasteiger partial charge in [0, 0.05) is 17.3 Å². The summed E-state index contributed by atoms with van der Waals surface area (Å²) in [7, 11) is 0. The first kappa shape index (κ1) is 22.2. The molecule has 2 rings (SSSR count). The van der Waals surface area contributed by atoms with Gasteiger partial charge in [-0.15, -0.1) is 22.6 Å². The highest BCUT2D eigenvalue weighted by atomic mass is 35.5. The van der Waals surface area contributed by atoms with Crippen molar-refractivity contribution in [3.63, 3.8) is 0 Å². The fourth-order valence-electron chi connectivity index (χ4n) is 2.31. The second-order valence-electron chi connectivity index (χ2n) is 5.37. The molecule has 0 aliphatic heterocycles. The van der Waals surface area contributed by atoms with E-state index in [1.807, 2.05) is 12.1 Å². The number of hydrogen-bond donors (Lipinski definition) is 1. The van der Waals surface area contributed by atoms with Crippen LogP contribution in [0.3, 0.4) is 0 Å². The molecular formula is C17H25Cl2N5O2. The molecule has 0 amide bonds. The largest absolute Gasteiger partial charge is 0.461 e. The molecule has 0 fully saturated rings. The smallest absolute Gasteiger partial charge is 0.362 e. The topological polar surface area (TPSA) is 72.3 Å². The van der Waals surface area contributed by atoms with E-state index in [1.165, 1.54) is 4.80 Å². The summed E-state index contributed by atoms with van der Waals surface area (Å²) < 4.78 is 5.08. The maximum absolute atomic E-state index is 12.2. The van der Waals surface area contributed by atoms with Crippen LogP contribution in [-0.2, 0) is 11.3 Å². The summed E-state index contributed by atoms with van der Waals surface area (Å²) in [6.45, 7) is 9.58. The van der Waals surface area contributed by atoms with E-state index in [2.05, 4.69) is 34.3 Å². The molecule has 0 saturated carbocycles. The summed E-state index contributed by atoms with van der Waals surface area (Å²) >= 11 is 5.90. The van der Waals surface area contributed by atoms with Gasteiger partial charge in [0.25, 0.3) is 0 Å². The normalized spacial score (nSPS) is 10.5. The van der Waals surface area contributed by atoms with Crippen molar-refractivity contribution in [2.24, 2.45) is 0 Å². The predicted octanol–water partition coefficient (Wildman–Crippen LogP) is 3.62. The van der Waals surface area contributed by atoms with Gasteiger partial charge in [-0.2, -0.15) is 4.80 Å². The van der Waals surface area contributed by atoms with Crippen LogP contribution in [0.5, 0.6) is 0 Å². The number of nitrogens with one attached hydrogen (secondary N) is 1. The first-order valence-electron chi connectivity index (χ1n) is 8.44. The van der Waals surface area contributed by atoms with Crippen molar-refractivity contribution in [2.45, 2.75) is 27.3 Å². The molecular weight excluding hydrogens is 377 g/mol. The number of carbonyl (C=O) groups is 1. The monoisotopic (exact) mass is 401 g/mol. The zero-order valence-corrected chi connectivity index (χ0v) is 16.8.